The Morgan fingerprint density at radius 2 is 1.50 bits per heavy atom. The number of benzene rings is 2. The molecule has 0 fully saturated rings. The fourth-order valence-corrected chi connectivity index (χ4v) is 1.87. The molecule has 0 aliphatic rings. The highest BCUT2D eigenvalue weighted by Gasteiger charge is 2.13. The van der Waals surface area contributed by atoms with E-state index in [4.69, 9.17) is 0 Å². The summed E-state index contributed by atoms with van der Waals surface area (Å²) in [6.07, 6.45) is 0. The zero-order chi connectivity index (χ0) is 11.7. The fraction of sp³-hybridized carbons (Fsp3) is 0. The molecule has 4 heteroatoms. The Morgan fingerprint density at radius 1 is 0.812 bits per heavy atom. The fourth-order valence-electron chi connectivity index (χ4n) is 1.43. The molecule has 0 saturated carbocycles. The third kappa shape index (κ3) is 1.97. The van der Waals surface area contributed by atoms with Crippen LogP contribution in [0, 0.1) is 17.5 Å². The monoisotopic (exact) mass is 286 g/mol. The molecule has 0 nitrogen and oxygen atoms in total. The molecular formula is C12H6BrF3. The van der Waals surface area contributed by atoms with Crippen LogP contribution in [0.2, 0.25) is 0 Å². The molecule has 0 saturated heterocycles. The zero-order valence-corrected chi connectivity index (χ0v) is 9.56. The van der Waals surface area contributed by atoms with Crippen LogP contribution in [0.15, 0.2) is 40.9 Å². The molecule has 82 valence electrons. The summed E-state index contributed by atoms with van der Waals surface area (Å²) >= 11 is 2.98. The zero-order valence-electron chi connectivity index (χ0n) is 7.98. The van der Waals surface area contributed by atoms with Gasteiger partial charge in [-0.25, -0.2) is 13.2 Å². The van der Waals surface area contributed by atoms with Crippen LogP contribution in [0.4, 0.5) is 13.2 Å². The van der Waals surface area contributed by atoms with Gasteiger partial charge >= 0.3 is 0 Å². The molecule has 0 heterocycles. The number of halogens is 4. The van der Waals surface area contributed by atoms with Crippen molar-refractivity contribution in [3.05, 3.63) is 58.3 Å². The van der Waals surface area contributed by atoms with Gasteiger partial charge in [0.25, 0.3) is 0 Å². The van der Waals surface area contributed by atoms with E-state index in [1.807, 2.05) is 0 Å². The molecule has 0 aliphatic heterocycles. The largest absolute Gasteiger partial charge is 0.207 e. The molecule has 0 bridgehead atoms. The molecule has 0 unspecified atom stereocenters. The van der Waals surface area contributed by atoms with Crippen molar-refractivity contribution in [1.29, 1.82) is 0 Å². The molecule has 2 aromatic rings. The van der Waals surface area contributed by atoms with E-state index in [1.165, 1.54) is 18.2 Å². The Bertz CT molecular complexity index is 538. The number of hydrogen-bond donors (Lipinski definition) is 0. The Labute approximate surface area is 98.9 Å². The smallest absolute Gasteiger partial charge is 0.140 e. The van der Waals surface area contributed by atoms with E-state index in [0.29, 0.717) is 0 Å². The lowest BCUT2D eigenvalue weighted by Crippen LogP contribution is -1.90. The molecule has 16 heavy (non-hydrogen) atoms. The van der Waals surface area contributed by atoms with Crippen molar-refractivity contribution < 1.29 is 13.2 Å². The van der Waals surface area contributed by atoms with Gasteiger partial charge in [0.15, 0.2) is 0 Å². The molecule has 0 N–H and O–H groups in total. The van der Waals surface area contributed by atoms with Gasteiger partial charge in [-0.15, -0.1) is 0 Å². The van der Waals surface area contributed by atoms with Crippen LogP contribution < -0.4 is 0 Å². The lowest BCUT2D eigenvalue weighted by atomic mass is 10.0. The maximum absolute atomic E-state index is 13.5. The third-order valence-corrected chi connectivity index (χ3v) is 2.96. The number of hydrogen-bond acceptors (Lipinski definition) is 0. The molecule has 0 aliphatic carbocycles. The third-order valence-electron chi connectivity index (χ3n) is 2.16. The minimum Gasteiger partial charge on any atom is -0.207 e. The van der Waals surface area contributed by atoms with E-state index in [2.05, 4.69) is 15.9 Å². The predicted octanol–water partition coefficient (Wildman–Crippen LogP) is 4.53. The van der Waals surface area contributed by atoms with Crippen molar-refractivity contribution in [3.63, 3.8) is 0 Å². The quantitative estimate of drug-likeness (QED) is 0.676. The lowest BCUT2D eigenvalue weighted by Gasteiger charge is -2.07. The van der Waals surface area contributed by atoms with E-state index in [0.717, 1.165) is 12.1 Å². The van der Waals surface area contributed by atoms with Gasteiger partial charge in [0.05, 0.1) is 4.47 Å². The Hall–Kier alpha value is -1.29. The van der Waals surface area contributed by atoms with Gasteiger partial charge in [-0.2, -0.15) is 0 Å². The molecule has 0 aromatic heterocycles. The lowest BCUT2D eigenvalue weighted by molar-refractivity contribution is 0.579. The molecule has 0 radical (unpaired) electrons. The van der Waals surface area contributed by atoms with Gasteiger partial charge in [-0.3, -0.25) is 0 Å². The first-order valence-electron chi connectivity index (χ1n) is 4.49. The molecule has 2 aromatic carbocycles. The Kier molecular flexibility index (Phi) is 3.01. The highest BCUT2D eigenvalue weighted by Crippen LogP contribution is 2.32. The normalized spacial score (nSPS) is 10.5. The van der Waals surface area contributed by atoms with Crippen LogP contribution in [0.25, 0.3) is 11.1 Å². The van der Waals surface area contributed by atoms with E-state index in [9.17, 15) is 13.2 Å². The van der Waals surface area contributed by atoms with Crippen LogP contribution in [0.3, 0.4) is 0 Å². The summed E-state index contributed by atoms with van der Waals surface area (Å²) in [6, 6.07) is 7.66. The maximum atomic E-state index is 13.5. The highest BCUT2D eigenvalue weighted by molar-refractivity contribution is 9.10. The summed E-state index contributed by atoms with van der Waals surface area (Å²) in [5.41, 5.74) is 0.323. The van der Waals surface area contributed by atoms with E-state index in [-0.39, 0.29) is 15.6 Å². The van der Waals surface area contributed by atoms with Crippen molar-refractivity contribution in [2.75, 3.05) is 0 Å². The first-order valence-corrected chi connectivity index (χ1v) is 5.28. The average molecular weight is 287 g/mol. The minimum atomic E-state index is -0.752. The standard InChI is InChI=1S/C12H6BrF3/c13-12-9(5-7(14)6-11(12)16)8-3-1-2-4-10(8)15/h1-6H. The highest BCUT2D eigenvalue weighted by atomic mass is 79.9. The second-order valence-corrected chi connectivity index (χ2v) is 4.02. The second kappa shape index (κ2) is 4.29. The van der Waals surface area contributed by atoms with Crippen LogP contribution >= 0.6 is 15.9 Å². The van der Waals surface area contributed by atoms with Gasteiger partial charge in [-0.1, -0.05) is 18.2 Å². The second-order valence-electron chi connectivity index (χ2n) is 3.23. The molecular weight excluding hydrogens is 281 g/mol. The van der Waals surface area contributed by atoms with Crippen LogP contribution in [-0.4, -0.2) is 0 Å². The van der Waals surface area contributed by atoms with Gasteiger partial charge < -0.3 is 0 Å². The summed E-state index contributed by atoms with van der Waals surface area (Å²) in [6.45, 7) is 0. The van der Waals surface area contributed by atoms with E-state index < -0.39 is 17.5 Å². The first-order chi connectivity index (χ1) is 7.59. The van der Waals surface area contributed by atoms with Crippen molar-refractivity contribution in [3.8, 4) is 11.1 Å². The summed E-state index contributed by atoms with van der Waals surface area (Å²) in [7, 11) is 0. The van der Waals surface area contributed by atoms with Crippen molar-refractivity contribution in [1.82, 2.24) is 0 Å². The van der Waals surface area contributed by atoms with E-state index >= 15 is 0 Å². The van der Waals surface area contributed by atoms with Crippen LogP contribution in [0.1, 0.15) is 0 Å². The summed E-state index contributed by atoms with van der Waals surface area (Å²) in [4.78, 5) is 0. The van der Waals surface area contributed by atoms with Gasteiger partial charge in [0.1, 0.15) is 17.5 Å². The summed E-state index contributed by atoms with van der Waals surface area (Å²) in [5.74, 6) is -2.01. The molecule has 2 rings (SSSR count). The van der Waals surface area contributed by atoms with Crippen LogP contribution in [-0.2, 0) is 0 Å². The molecule has 0 amide bonds. The van der Waals surface area contributed by atoms with Crippen LogP contribution in [0.5, 0.6) is 0 Å². The molecule has 0 spiro atoms. The van der Waals surface area contributed by atoms with E-state index in [1.54, 1.807) is 6.07 Å². The maximum Gasteiger partial charge on any atom is 0.140 e. The SMILES string of the molecule is Fc1cc(F)c(Br)c(-c2ccccc2F)c1. The number of rotatable bonds is 1. The molecule has 0 atom stereocenters. The summed E-state index contributed by atoms with van der Waals surface area (Å²) in [5, 5.41) is 0. The Morgan fingerprint density at radius 3 is 2.19 bits per heavy atom. The van der Waals surface area contributed by atoms with Gasteiger partial charge in [0.2, 0.25) is 0 Å². The van der Waals surface area contributed by atoms with Gasteiger partial charge in [-0.05, 0) is 28.1 Å². The first kappa shape index (κ1) is 11.2. The minimum absolute atomic E-state index is 0.0546. The average Bonchev–Trinajstić information content (AvgIpc) is 2.24. The van der Waals surface area contributed by atoms with Gasteiger partial charge in [0, 0.05) is 17.2 Å². The Balaban J connectivity index is 2.69. The predicted molar refractivity (Wildman–Crippen MR) is 59.5 cm³/mol. The topological polar surface area (TPSA) is 0 Å². The summed E-state index contributed by atoms with van der Waals surface area (Å²) < 4.78 is 39.8. The van der Waals surface area contributed by atoms with Crippen molar-refractivity contribution in [2.45, 2.75) is 0 Å². The van der Waals surface area contributed by atoms with Crippen molar-refractivity contribution in [2.24, 2.45) is 0 Å². The van der Waals surface area contributed by atoms with Crippen molar-refractivity contribution >= 4 is 15.9 Å².